The Balaban J connectivity index is 1.35. The lowest BCUT2D eigenvalue weighted by Crippen LogP contribution is -2.45. The first-order chi connectivity index (χ1) is 22.6. The molecule has 2 atom stereocenters. The first-order valence-corrected chi connectivity index (χ1v) is 14.5. The summed E-state index contributed by atoms with van der Waals surface area (Å²) in [6.07, 6.45) is 0.306. The van der Waals surface area contributed by atoms with E-state index < -0.39 is 30.2 Å². The predicted molar refractivity (Wildman–Crippen MR) is 170 cm³/mol. The molecule has 0 radical (unpaired) electrons. The lowest BCUT2D eigenvalue weighted by Gasteiger charge is -2.28. The van der Waals surface area contributed by atoms with Crippen molar-refractivity contribution < 1.29 is 48.3 Å². The summed E-state index contributed by atoms with van der Waals surface area (Å²) in [6, 6.07) is 15.3. The van der Waals surface area contributed by atoms with Crippen LogP contribution in [0.1, 0.15) is 46.9 Å². The van der Waals surface area contributed by atoms with Crippen molar-refractivity contribution in [2.75, 3.05) is 27.4 Å². The van der Waals surface area contributed by atoms with Crippen LogP contribution in [0.3, 0.4) is 0 Å². The van der Waals surface area contributed by atoms with E-state index in [1.807, 2.05) is 0 Å². The number of nitrogens with one attached hydrogen (secondary N) is 3. The Kier molecular flexibility index (Phi) is 11.6. The quantitative estimate of drug-likeness (QED) is 0.0703. The standard InChI is InChI=1S/C33H36N4O10/c1-5-45-27-15-23(30-29(32(41)44-4)19(2)35-33(42)36-30)11-13-25(27)47-18-28(38)37-34-16-21-8-12-24(26(14-21)43-3)46-17-20-6-9-22(10-7-20)31(39)40/h6-16,28,30,37-38H,5,17-18H2,1-4H3,(H,39,40)(H2,35,36,42)/b34-16-/t28-,30+/m1/s1. The summed E-state index contributed by atoms with van der Waals surface area (Å²) in [5, 5.41) is 28.9. The van der Waals surface area contributed by atoms with E-state index in [1.54, 1.807) is 62.4 Å². The number of carboxylic acids is 1. The van der Waals surface area contributed by atoms with Gasteiger partial charge in [0.25, 0.3) is 0 Å². The zero-order chi connectivity index (χ0) is 33.9. The summed E-state index contributed by atoms with van der Waals surface area (Å²) in [5.41, 5.74) is 5.45. The van der Waals surface area contributed by atoms with E-state index in [0.717, 1.165) is 5.56 Å². The average molecular weight is 649 g/mol. The van der Waals surface area contributed by atoms with Gasteiger partial charge in [0.2, 0.25) is 0 Å². The van der Waals surface area contributed by atoms with Crippen LogP contribution in [0.5, 0.6) is 23.0 Å². The summed E-state index contributed by atoms with van der Waals surface area (Å²) in [6.45, 7) is 3.76. The minimum Gasteiger partial charge on any atom is -0.493 e. The molecule has 0 aromatic heterocycles. The van der Waals surface area contributed by atoms with E-state index in [-0.39, 0.29) is 24.4 Å². The average Bonchev–Trinajstić information content (AvgIpc) is 3.06. The molecule has 0 bridgehead atoms. The molecular weight excluding hydrogens is 612 g/mol. The SMILES string of the molecule is CCOc1cc([C@@H]2NC(=O)NC(C)=C2C(=O)OC)ccc1OC[C@@H](O)N/N=C\c1ccc(OCc2ccc(C(=O)O)cc2)c(OC)c1. The molecule has 4 rings (SSSR count). The van der Waals surface area contributed by atoms with Gasteiger partial charge >= 0.3 is 18.0 Å². The number of carbonyl (C=O) groups excluding carboxylic acids is 2. The molecule has 14 nitrogen and oxygen atoms in total. The molecule has 0 aliphatic carbocycles. The Labute approximate surface area is 270 Å². The van der Waals surface area contributed by atoms with Gasteiger partial charge in [0.15, 0.2) is 29.2 Å². The molecule has 47 heavy (non-hydrogen) atoms. The van der Waals surface area contributed by atoms with Crippen molar-refractivity contribution in [1.82, 2.24) is 16.1 Å². The molecule has 5 N–H and O–H groups in total. The maximum absolute atomic E-state index is 12.4. The number of benzene rings is 3. The highest BCUT2D eigenvalue weighted by atomic mass is 16.5. The molecule has 248 valence electrons. The van der Waals surface area contributed by atoms with Gasteiger partial charge in [-0.1, -0.05) is 18.2 Å². The second kappa shape index (κ2) is 16.0. The number of hydrogen-bond donors (Lipinski definition) is 5. The fourth-order valence-electron chi connectivity index (χ4n) is 4.61. The topological polar surface area (TPSA) is 186 Å². The van der Waals surface area contributed by atoms with Crippen LogP contribution in [0.4, 0.5) is 4.79 Å². The molecule has 14 heteroatoms. The fraction of sp³-hybridized carbons (Fsp3) is 0.273. The number of nitrogens with zero attached hydrogens (tertiary/aromatic N) is 1. The maximum atomic E-state index is 12.4. The Bertz CT molecular complexity index is 1660. The van der Waals surface area contributed by atoms with Crippen molar-refractivity contribution in [1.29, 1.82) is 0 Å². The Morgan fingerprint density at radius 1 is 0.979 bits per heavy atom. The number of rotatable bonds is 15. The van der Waals surface area contributed by atoms with Gasteiger partial charge in [-0.05, 0) is 73.0 Å². The number of aliphatic hydroxyl groups excluding tert-OH is 1. The van der Waals surface area contributed by atoms with Gasteiger partial charge in [-0.25, -0.2) is 14.4 Å². The van der Waals surface area contributed by atoms with E-state index in [2.05, 4.69) is 21.2 Å². The molecule has 0 saturated carbocycles. The first kappa shape index (κ1) is 34.1. The number of amides is 2. The summed E-state index contributed by atoms with van der Waals surface area (Å²) in [5.74, 6) is 0.0440. The van der Waals surface area contributed by atoms with Gasteiger partial charge in [-0.2, -0.15) is 5.10 Å². The number of ether oxygens (including phenoxy) is 5. The highest BCUT2D eigenvalue weighted by Crippen LogP contribution is 2.35. The number of aliphatic hydroxyl groups is 1. The number of esters is 1. The zero-order valence-corrected chi connectivity index (χ0v) is 26.2. The Morgan fingerprint density at radius 2 is 1.70 bits per heavy atom. The molecule has 1 aliphatic rings. The Morgan fingerprint density at radius 3 is 2.38 bits per heavy atom. The van der Waals surface area contributed by atoms with E-state index in [9.17, 15) is 19.5 Å². The summed E-state index contributed by atoms with van der Waals surface area (Å²) < 4.78 is 27.7. The summed E-state index contributed by atoms with van der Waals surface area (Å²) >= 11 is 0. The number of aromatic carboxylic acids is 1. The van der Waals surface area contributed by atoms with Gasteiger partial charge in [0, 0.05) is 5.70 Å². The van der Waals surface area contributed by atoms with Crippen molar-refractivity contribution in [3.05, 3.63) is 94.2 Å². The molecule has 0 unspecified atom stereocenters. The monoisotopic (exact) mass is 648 g/mol. The minimum atomic E-state index is -1.18. The third kappa shape index (κ3) is 8.92. The van der Waals surface area contributed by atoms with E-state index in [0.29, 0.717) is 46.4 Å². The molecular formula is C33H36N4O10. The van der Waals surface area contributed by atoms with Crippen LogP contribution in [0.25, 0.3) is 0 Å². The van der Waals surface area contributed by atoms with E-state index in [4.69, 9.17) is 28.8 Å². The third-order valence-corrected chi connectivity index (χ3v) is 6.89. The highest BCUT2D eigenvalue weighted by Gasteiger charge is 2.32. The molecule has 3 aromatic carbocycles. The van der Waals surface area contributed by atoms with Crippen molar-refractivity contribution in [2.24, 2.45) is 5.10 Å². The van der Waals surface area contributed by atoms with Crippen molar-refractivity contribution in [2.45, 2.75) is 32.7 Å². The minimum absolute atomic E-state index is 0.184. The number of allylic oxidation sites excluding steroid dienone is 1. The molecule has 2 amide bonds. The van der Waals surface area contributed by atoms with E-state index in [1.165, 1.54) is 32.6 Å². The molecule has 3 aromatic rings. The molecule has 1 heterocycles. The molecule has 0 saturated heterocycles. The largest absolute Gasteiger partial charge is 0.493 e. The molecule has 0 spiro atoms. The lowest BCUT2D eigenvalue weighted by molar-refractivity contribution is -0.136. The van der Waals surface area contributed by atoms with Crippen LogP contribution in [0.2, 0.25) is 0 Å². The lowest BCUT2D eigenvalue weighted by atomic mass is 9.95. The van der Waals surface area contributed by atoms with Gasteiger partial charge in [0.05, 0.1) is 44.2 Å². The Hall–Kier alpha value is -5.76. The number of carboxylic acid groups (broad SMARTS) is 1. The van der Waals surface area contributed by atoms with Gasteiger partial charge in [-0.3, -0.25) is 5.43 Å². The smallest absolute Gasteiger partial charge is 0.337 e. The van der Waals surface area contributed by atoms with Crippen molar-refractivity contribution >= 4 is 24.2 Å². The first-order valence-electron chi connectivity index (χ1n) is 14.5. The van der Waals surface area contributed by atoms with Crippen LogP contribution in [0.15, 0.2) is 77.0 Å². The number of methoxy groups -OCH3 is 2. The zero-order valence-electron chi connectivity index (χ0n) is 26.2. The predicted octanol–water partition coefficient (Wildman–Crippen LogP) is 3.49. The second-order valence-electron chi connectivity index (χ2n) is 10.1. The van der Waals surface area contributed by atoms with Crippen LogP contribution in [-0.4, -0.2) is 68.1 Å². The molecule has 1 aliphatic heterocycles. The van der Waals surface area contributed by atoms with Gasteiger partial charge in [0.1, 0.15) is 13.2 Å². The fourth-order valence-corrected chi connectivity index (χ4v) is 4.61. The van der Waals surface area contributed by atoms with Gasteiger partial charge < -0.3 is 44.5 Å². The number of hydrazone groups is 1. The van der Waals surface area contributed by atoms with Crippen LogP contribution < -0.4 is 35.0 Å². The van der Waals surface area contributed by atoms with Gasteiger partial charge in [-0.15, -0.1) is 0 Å². The van der Waals surface area contributed by atoms with Crippen molar-refractivity contribution in [3.63, 3.8) is 0 Å². The highest BCUT2D eigenvalue weighted by molar-refractivity contribution is 5.95. The summed E-state index contributed by atoms with van der Waals surface area (Å²) in [7, 11) is 2.77. The maximum Gasteiger partial charge on any atom is 0.337 e. The summed E-state index contributed by atoms with van der Waals surface area (Å²) in [4.78, 5) is 35.6. The molecule has 0 fully saturated rings. The van der Waals surface area contributed by atoms with E-state index >= 15 is 0 Å². The number of carbonyl (C=O) groups is 3. The van der Waals surface area contributed by atoms with Crippen molar-refractivity contribution in [3.8, 4) is 23.0 Å². The van der Waals surface area contributed by atoms with Crippen LogP contribution >= 0.6 is 0 Å². The number of urea groups is 1. The normalized spacial score (nSPS) is 14.9. The third-order valence-electron chi connectivity index (χ3n) is 6.89. The van der Waals surface area contributed by atoms with Crippen LogP contribution in [-0.2, 0) is 16.1 Å². The second-order valence-corrected chi connectivity index (χ2v) is 10.1. The van der Waals surface area contributed by atoms with Crippen LogP contribution in [0, 0.1) is 0 Å². The number of hydrogen-bond acceptors (Lipinski definition) is 11.